The summed E-state index contributed by atoms with van der Waals surface area (Å²) in [5, 5.41) is 6.26. The van der Waals surface area contributed by atoms with Crippen LogP contribution < -0.4 is 10.6 Å². The molecule has 0 spiro atoms. The second kappa shape index (κ2) is 9.36. The first-order valence-corrected chi connectivity index (χ1v) is 8.85. The lowest BCUT2D eigenvalue weighted by atomic mass is 10.1. The number of rotatable bonds is 7. The van der Waals surface area contributed by atoms with Gasteiger partial charge in [0.15, 0.2) is 0 Å². The molecule has 2 aromatic rings. The first kappa shape index (κ1) is 19.9. The van der Waals surface area contributed by atoms with E-state index in [1.807, 2.05) is 27.1 Å². The molecule has 0 aliphatic heterocycles. The van der Waals surface area contributed by atoms with Crippen molar-refractivity contribution in [2.75, 3.05) is 32.5 Å². The highest BCUT2D eigenvalue weighted by Crippen LogP contribution is 2.20. The van der Waals surface area contributed by atoms with Crippen LogP contribution in [0.5, 0.6) is 0 Å². The first-order valence-electron chi connectivity index (χ1n) is 8.47. The van der Waals surface area contributed by atoms with Gasteiger partial charge in [-0.3, -0.25) is 9.59 Å². The Labute approximate surface area is 159 Å². The van der Waals surface area contributed by atoms with Gasteiger partial charge in [0.1, 0.15) is 0 Å². The summed E-state index contributed by atoms with van der Waals surface area (Å²) in [6, 6.07) is 12.0. The SMILES string of the molecule is Cc1ccc(NC(=O)c2cccc(C(=O)NCCCN(C)C)c2)cc1Cl. The highest BCUT2D eigenvalue weighted by molar-refractivity contribution is 6.31. The number of nitrogens with zero attached hydrogens (tertiary/aromatic N) is 1. The Bertz CT molecular complexity index is 790. The maximum Gasteiger partial charge on any atom is 0.255 e. The number of amides is 2. The van der Waals surface area contributed by atoms with Gasteiger partial charge in [-0.25, -0.2) is 0 Å². The molecule has 2 rings (SSSR count). The number of hydrogen-bond acceptors (Lipinski definition) is 3. The molecule has 2 aromatic carbocycles. The summed E-state index contributed by atoms with van der Waals surface area (Å²) < 4.78 is 0. The second-order valence-corrected chi connectivity index (χ2v) is 6.82. The van der Waals surface area contributed by atoms with E-state index in [0.717, 1.165) is 18.5 Å². The van der Waals surface area contributed by atoms with Gasteiger partial charge in [-0.2, -0.15) is 0 Å². The highest BCUT2D eigenvalue weighted by Gasteiger charge is 2.11. The van der Waals surface area contributed by atoms with Crippen LogP contribution in [0.25, 0.3) is 0 Å². The van der Waals surface area contributed by atoms with Crippen LogP contribution in [-0.2, 0) is 0 Å². The lowest BCUT2D eigenvalue weighted by molar-refractivity contribution is 0.0952. The zero-order valence-electron chi connectivity index (χ0n) is 15.3. The van der Waals surface area contributed by atoms with Crippen molar-refractivity contribution in [3.8, 4) is 0 Å². The fourth-order valence-corrected chi connectivity index (χ4v) is 2.56. The van der Waals surface area contributed by atoms with E-state index in [1.165, 1.54) is 0 Å². The Balaban J connectivity index is 1.99. The molecule has 0 atom stereocenters. The molecule has 0 saturated heterocycles. The van der Waals surface area contributed by atoms with Crippen LogP contribution in [0.4, 0.5) is 5.69 Å². The quantitative estimate of drug-likeness (QED) is 0.729. The Kier molecular flexibility index (Phi) is 7.18. The Morgan fingerprint density at radius 3 is 2.38 bits per heavy atom. The maximum absolute atomic E-state index is 12.4. The topological polar surface area (TPSA) is 61.4 Å². The van der Waals surface area contributed by atoms with Crippen molar-refractivity contribution in [3.05, 3.63) is 64.2 Å². The number of carbonyl (C=O) groups excluding carboxylic acids is 2. The van der Waals surface area contributed by atoms with Gasteiger partial charge in [0.05, 0.1) is 0 Å². The second-order valence-electron chi connectivity index (χ2n) is 6.41. The van der Waals surface area contributed by atoms with Crippen molar-refractivity contribution in [2.24, 2.45) is 0 Å². The van der Waals surface area contributed by atoms with Gasteiger partial charge in [0.2, 0.25) is 0 Å². The molecule has 0 aliphatic carbocycles. The standard InChI is InChI=1S/C20H24ClN3O2/c1-14-8-9-17(13-18(14)21)23-20(26)16-7-4-6-15(12-16)19(25)22-10-5-11-24(2)3/h4,6-9,12-13H,5,10-11H2,1-3H3,(H,22,25)(H,23,26). The maximum atomic E-state index is 12.4. The van der Waals surface area contributed by atoms with E-state index in [0.29, 0.717) is 28.4 Å². The molecule has 138 valence electrons. The average Bonchev–Trinajstić information content (AvgIpc) is 2.61. The smallest absolute Gasteiger partial charge is 0.255 e. The number of halogens is 1. The van der Waals surface area contributed by atoms with Gasteiger partial charge in [0.25, 0.3) is 11.8 Å². The molecule has 2 amide bonds. The molecule has 6 heteroatoms. The average molecular weight is 374 g/mol. The van der Waals surface area contributed by atoms with Crippen molar-refractivity contribution < 1.29 is 9.59 Å². The van der Waals surface area contributed by atoms with Gasteiger partial charge >= 0.3 is 0 Å². The van der Waals surface area contributed by atoms with Crippen molar-refractivity contribution in [2.45, 2.75) is 13.3 Å². The summed E-state index contributed by atoms with van der Waals surface area (Å²) in [5.74, 6) is -0.469. The molecule has 26 heavy (non-hydrogen) atoms. The fraction of sp³-hybridized carbons (Fsp3) is 0.300. The van der Waals surface area contributed by atoms with Crippen LogP contribution >= 0.6 is 11.6 Å². The minimum Gasteiger partial charge on any atom is -0.352 e. The van der Waals surface area contributed by atoms with E-state index in [2.05, 4.69) is 15.5 Å². The van der Waals surface area contributed by atoms with E-state index < -0.39 is 0 Å². The Hall–Kier alpha value is -2.37. The molecule has 0 radical (unpaired) electrons. The fourth-order valence-electron chi connectivity index (χ4n) is 2.37. The zero-order chi connectivity index (χ0) is 19.1. The van der Waals surface area contributed by atoms with Crippen molar-refractivity contribution in [3.63, 3.8) is 0 Å². The molecule has 5 nitrogen and oxygen atoms in total. The predicted octanol–water partition coefficient (Wildman–Crippen LogP) is 3.58. The van der Waals surface area contributed by atoms with Crippen LogP contribution in [0, 0.1) is 6.92 Å². The third-order valence-corrected chi connectivity index (χ3v) is 4.29. The monoisotopic (exact) mass is 373 g/mol. The van der Waals surface area contributed by atoms with Crippen LogP contribution in [0.2, 0.25) is 5.02 Å². The van der Waals surface area contributed by atoms with E-state index in [1.54, 1.807) is 36.4 Å². The van der Waals surface area contributed by atoms with Crippen LogP contribution in [0.15, 0.2) is 42.5 Å². The van der Waals surface area contributed by atoms with E-state index in [9.17, 15) is 9.59 Å². The Morgan fingerprint density at radius 1 is 1.04 bits per heavy atom. The van der Waals surface area contributed by atoms with E-state index in [4.69, 9.17) is 11.6 Å². The van der Waals surface area contributed by atoms with Gasteiger partial charge in [-0.1, -0.05) is 23.7 Å². The van der Waals surface area contributed by atoms with Crippen molar-refractivity contribution >= 4 is 29.1 Å². The first-order chi connectivity index (χ1) is 12.4. The molecular weight excluding hydrogens is 350 g/mol. The summed E-state index contributed by atoms with van der Waals surface area (Å²) in [5.41, 5.74) is 2.44. The molecule has 0 aliphatic rings. The van der Waals surface area contributed by atoms with Gasteiger partial charge in [-0.15, -0.1) is 0 Å². The Morgan fingerprint density at radius 2 is 1.73 bits per heavy atom. The lowest BCUT2D eigenvalue weighted by Crippen LogP contribution is -2.27. The number of carbonyl (C=O) groups is 2. The number of nitrogens with one attached hydrogen (secondary N) is 2. The zero-order valence-corrected chi connectivity index (χ0v) is 16.1. The van der Waals surface area contributed by atoms with Gasteiger partial charge in [-0.05, 0) is 69.9 Å². The molecule has 0 fully saturated rings. The minimum absolute atomic E-state index is 0.184. The minimum atomic E-state index is -0.285. The summed E-state index contributed by atoms with van der Waals surface area (Å²) in [6.45, 7) is 3.39. The van der Waals surface area contributed by atoms with Crippen molar-refractivity contribution in [1.29, 1.82) is 0 Å². The summed E-state index contributed by atoms with van der Waals surface area (Å²) in [6.07, 6.45) is 0.868. The van der Waals surface area contributed by atoms with Gasteiger partial charge in [0, 0.05) is 28.4 Å². The lowest BCUT2D eigenvalue weighted by Gasteiger charge is -2.11. The number of benzene rings is 2. The van der Waals surface area contributed by atoms with E-state index in [-0.39, 0.29) is 11.8 Å². The summed E-state index contributed by atoms with van der Waals surface area (Å²) in [7, 11) is 3.98. The summed E-state index contributed by atoms with van der Waals surface area (Å²) >= 11 is 6.08. The van der Waals surface area contributed by atoms with Gasteiger partial charge < -0.3 is 15.5 Å². The van der Waals surface area contributed by atoms with Crippen LogP contribution in [0.3, 0.4) is 0 Å². The molecule has 0 unspecified atom stereocenters. The molecular formula is C20H24ClN3O2. The predicted molar refractivity (Wildman–Crippen MR) is 106 cm³/mol. The molecule has 0 aromatic heterocycles. The normalized spacial score (nSPS) is 10.7. The number of hydrogen-bond donors (Lipinski definition) is 2. The van der Waals surface area contributed by atoms with Crippen LogP contribution in [0.1, 0.15) is 32.7 Å². The highest BCUT2D eigenvalue weighted by atomic mass is 35.5. The molecule has 0 saturated carbocycles. The number of anilines is 1. The molecule has 0 heterocycles. The molecule has 2 N–H and O–H groups in total. The third-order valence-electron chi connectivity index (χ3n) is 3.88. The van der Waals surface area contributed by atoms with Crippen LogP contribution in [-0.4, -0.2) is 43.9 Å². The van der Waals surface area contributed by atoms with Crippen molar-refractivity contribution in [1.82, 2.24) is 10.2 Å². The molecule has 0 bridgehead atoms. The largest absolute Gasteiger partial charge is 0.352 e. The van der Waals surface area contributed by atoms with E-state index >= 15 is 0 Å². The summed E-state index contributed by atoms with van der Waals surface area (Å²) in [4.78, 5) is 26.7. The third kappa shape index (κ3) is 5.86. The number of aryl methyl sites for hydroxylation is 1.